The van der Waals surface area contributed by atoms with Crippen LogP contribution in [0.1, 0.15) is 17.2 Å². The third-order valence-corrected chi connectivity index (χ3v) is 4.34. The van der Waals surface area contributed by atoms with Gasteiger partial charge in [0.2, 0.25) is 0 Å². The summed E-state index contributed by atoms with van der Waals surface area (Å²) < 4.78 is 7.08. The van der Waals surface area contributed by atoms with Crippen molar-refractivity contribution in [2.24, 2.45) is 0 Å². The first-order valence-corrected chi connectivity index (χ1v) is 6.10. The van der Waals surface area contributed by atoms with Crippen LogP contribution in [0.4, 0.5) is 0 Å². The van der Waals surface area contributed by atoms with Crippen LogP contribution >= 0.6 is 31.9 Å². The van der Waals surface area contributed by atoms with Gasteiger partial charge in [-0.1, -0.05) is 12.2 Å². The number of methoxy groups -OCH3 is 1. The van der Waals surface area contributed by atoms with E-state index in [1.54, 1.807) is 7.11 Å². The van der Waals surface area contributed by atoms with E-state index < -0.39 is 6.10 Å². The van der Waals surface area contributed by atoms with Crippen molar-refractivity contribution in [1.82, 2.24) is 0 Å². The van der Waals surface area contributed by atoms with Crippen LogP contribution in [0.3, 0.4) is 0 Å². The Balaban J connectivity index is 2.50. The maximum Gasteiger partial charge on any atom is 0.109 e. The minimum atomic E-state index is -0.598. The monoisotopic (exact) mass is 332 g/mol. The second-order valence-electron chi connectivity index (χ2n) is 3.40. The van der Waals surface area contributed by atoms with Crippen LogP contribution in [0.25, 0.3) is 6.08 Å². The second-order valence-corrected chi connectivity index (χ2v) is 5.11. The molecule has 1 aromatic rings. The average Bonchev–Trinajstić information content (AvgIpc) is 2.22. The summed E-state index contributed by atoms with van der Waals surface area (Å²) in [5.41, 5.74) is 1.91. The van der Waals surface area contributed by atoms with Crippen molar-refractivity contribution in [3.63, 3.8) is 0 Å². The third-order valence-electron chi connectivity index (χ3n) is 2.49. The molecular weight excluding hydrogens is 324 g/mol. The van der Waals surface area contributed by atoms with Gasteiger partial charge in [0.25, 0.3) is 0 Å². The van der Waals surface area contributed by atoms with E-state index >= 15 is 0 Å². The van der Waals surface area contributed by atoms with Crippen LogP contribution in [0.15, 0.2) is 27.2 Å². The van der Waals surface area contributed by atoms with Gasteiger partial charge in [-0.2, -0.15) is 0 Å². The SMILES string of the molecule is CO[C@H]1C=Cc2cc(Br)c(Br)cc2[C@@H]1O. The number of rotatable bonds is 1. The Labute approximate surface area is 105 Å². The zero-order valence-corrected chi connectivity index (χ0v) is 11.2. The minimum absolute atomic E-state index is 0.259. The van der Waals surface area contributed by atoms with E-state index in [4.69, 9.17) is 4.74 Å². The normalized spacial score (nSPS) is 24.0. The lowest BCUT2D eigenvalue weighted by molar-refractivity contribution is 0.0149. The number of hydrogen-bond acceptors (Lipinski definition) is 2. The lowest BCUT2D eigenvalue weighted by Crippen LogP contribution is -2.21. The maximum absolute atomic E-state index is 10.0. The summed E-state index contributed by atoms with van der Waals surface area (Å²) in [6.07, 6.45) is 2.98. The molecule has 2 nitrogen and oxygen atoms in total. The first-order valence-electron chi connectivity index (χ1n) is 4.51. The first kappa shape index (κ1) is 11.3. The van der Waals surface area contributed by atoms with Crippen molar-refractivity contribution in [2.45, 2.75) is 12.2 Å². The number of halogens is 2. The molecule has 0 aromatic heterocycles. The van der Waals surface area contributed by atoms with E-state index in [-0.39, 0.29) is 6.10 Å². The molecule has 0 saturated carbocycles. The highest BCUT2D eigenvalue weighted by Gasteiger charge is 2.24. The van der Waals surface area contributed by atoms with Gasteiger partial charge in [-0.25, -0.2) is 0 Å². The van der Waals surface area contributed by atoms with Gasteiger partial charge >= 0.3 is 0 Å². The van der Waals surface area contributed by atoms with Crippen molar-refractivity contribution in [2.75, 3.05) is 7.11 Å². The minimum Gasteiger partial charge on any atom is -0.385 e. The van der Waals surface area contributed by atoms with Gasteiger partial charge in [-0.3, -0.25) is 0 Å². The molecule has 1 aliphatic rings. The summed E-state index contributed by atoms with van der Waals surface area (Å²) in [5.74, 6) is 0. The predicted molar refractivity (Wildman–Crippen MR) is 66.6 cm³/mol. The Bertz CT molecular complexity index is 415. The van der Waals surface area contributed by atoms with E-state index in [1.807, 2.05) is 24.3 Å². The number of ether oxygens (including phenoxy) is 1. The summed E-state index contributed by atoms with van der Waals surface area (Å²) in [6.45, 7) is 0. The van der Waals surface area contributed by atoms with E-state index in [2.05, 4.69) is 31.9 Å². The van der Waals surface area contributed by atoms with E-state index in [0.29, 0.717) is 0 Å². The molecule has 0 bridgehead atoms. The molecule has 0 aliphatic heterocycles. The van der Waals surface area contributed by atoms with Gasteiger partial charge in [0.15, 0.2) is 0 Å². The number of benzene rings is 1. The van der Waals surface area contributed by atoms with Crippen molar-refractivity contribution < 1.29 is 9.84 Å². The topological polar surface area (TPSA) is 29.5 Å². The Morgan fingerprint density at radius 2 is 1.93 bits per heavy atom. The quantitative estimate of drug-likeness (QED) is 0.854. The fraction of sp³-hybridized carbons (Fsp3) is 0.273. The number of hydrogen-bond donors (Lipinski definition) is 1. The van der Waals surface area contributed by atoms with Gasteiger partial charge in [0, 0.05) is 16.1 Å². The lowest BCUT2D eigenvalue weighted by atomic mass is 9.93. The molecule has 0 heterocycles. The predicted octanol–water partition coefficient (Wildman–Crippen LogP) is 3.29. The fourth-order valence-corrected chi connectivity index (χ4v) is 2.39. The van der Waals surface area contributed by atoms with Crippen LogP contribution in [0.2, 0.25) is 0 Å². The Morgan fingerprint density at radius 3 is 2.60 bits per heavy atom. The smallest absolute Gasteiger partial charge is 0.109 e. The lowest BCUT2D eigenvalue weighted by Gasteiger charge is -2.25. The van der Waals surface area contributed by atoms with Crippen molar-refractivity contribution >= 4 is 37.9 Å². The number of aliphatic hydroxyl groups is 1. The van der Waals surface area contributed by atoms with Crippen molar-refractivity contribution in [3.8, 4) is 0 Å². The molecule has 1 aliphatic carbocycles. The molecule has 15 heavy (non-hydrogen) atoms. The average molecular weight is 334 g/mol. The molecule has 0 saturated heterocycles. The Kier molecular flexibility index (Phi) is 3.30. The Hall–Kier alpha value is -0.160. The van der Waals surface area contributed by atoms with E-state index in [1.165, 1.54) is 0 Å². The molecule has 80 valence electrons. The highest BCUT2D eigenvalue weighted by atomic mass is 79.9. The zero-order valence-electron chi connectivity index (χ0n) is 8.08. The highest BCUT2D eigenvalue weighted by molar-refractivity contribution is 9.13. The van der Waals surface area contributed by atoms with E-state index in [9.17, 15) is 5.11 Å². The van der Waals surface area contributed by atoms with Gasteiger partial charge in [-0.05, 0) is 55.1 Å². The van der Waals surface area contributed by atoms with Gasteiger partial charge in [0.1, 0.15) is 12.2 Å². The van der Waals surface area contributed by atoms with Crippen LogP contribution in [0, 0.1) is 0 Å². The number of fused-ring (bicyclic) bond motifs is 1. The molecule has 2 atom stereocenters. The molecule has 1 N–H and O–H groups in total. The summed E-state index contributed by atoms with van der Waals surface area (Å²) in [7, 11) is 1.59. The van der Waals surface area contributed by atoms with Crippen LogP contribution < -0.4 is 0 Å². The first-order chi connectivity index (χ1) is 7.13. The fourth-order valence-electron chi connectivity index (χ4n) is 1.67. The molecule has 4 heteroatoms. The second kappa shape index (κ2) is 4.37. The number of aliphatic hydroxyl groups excluding tert-OH is 1. The summed E-state index contributed by atoms with van der Waals surface area (Å²) in [4.78, 5) is 0. The zero-order chi connectivity index (χ0) is 11.0. The van der Waals surface area contributed by atoms with Gasteiger partial charge < -0.3 is 9.84 Å². The van der Waals surface area contributed by atoms with Crippen LogP contribution in [-0.2, 0) is 4.74 Å². The molecule has 0 fully saturated rings. The molecule has 1 aromatic carbocycles. The Morgan fingerprint density at radius 1 is 1.27 bits per heavy atom. The third kappa shape index (κ3) is 2.04. The molecule has 0 radical (unpaired) electrons. The molecule has 0 unspecified atom stereocenters. The van der Waals surface area contributed by atoms with Crippen LogP contribution in [0.5, 0.6) is 0 Å². The van der Waals surface area contributed by atoms with E-state index in [0.717, 1.165) is 20.1 Å². The van der Waals surface area contributed by atoms with Crippen molar-refractivity contribution in [3.05, 3.63) is 38.3 Å². The van der Waals surface area contributed by atoms with Crippen molar-refractivity contribution in [1.29, 1.82) is 0 Å². The summed E-state index contributed by atoms with van der Waals surface area (Å²) >= 11 is 6.85. The summed E-state index contributed by atoms with van der Waals surface area (Å²) in [5, 5.41) is 10.0. The molecule has 0 amide bonds. The summed E-state index contributed by atoms with van der Waals surface area (Å²) in [6, 6.07) is 3.89. The molecule has 2 rings (SSSR count). The largest absolute Gasteiger partial charge is 0.385 e. The highest BCUT2D eigenvalue weighted by Crippen LogP contribution is 2.35. The molecular formula is C11H10Br2O2. The maximum atomic E-state index is 10.0. The standard InChI is InChI=1S/C11H10Br2O2/c1-15-10-3-2-6-4-8(12)9(13)5-7(6)11(10)14/h2-5,10-11,14H,1H3/t10-,11-/m0/s1. The van der Waals surface area contributed by atoms with Gasteiger partial charge in [-0.15, -0.1) is 0 Å². The van der Waals surface area contributed by atoms with Gasteiger partial charge in [0.05, 0.1) is 0 Å². The van der Waals surface area contributed by atoms with Crippen LogP contribution in [-0.4, -0.2) is 18.3 Å². The molecule has 0 spiro atoms.